The number of nitrogens with zero attached hydrogens (tertiary/aromatic N) is 3. The van der Waals surface area contributed by atoms with Crippen molar-refractivity contribution in [2.24, 2.45) is 0 Å². The molecule has 1 heterocycles. The van der Waals surface area contributed by atoms with Crippen LogP contribution >= 0.6 is 0 Å². The highest BCUT2D eigenvalue weighted by Gasteiger charge is 2.42. The minimum absolute atomic E-state index is 0.0612. The van der Waals surface area contributed by atoms with E-state index in [4.69, 9.17) is 15.0 Å². The van der Waals surface area contributed by atoms with E-state index in [-0.39, 0.29) is 10.8 Å². The van der Waals surface area contributed by atoms with Gasteiger partial charge in [-0.1, -0.05) is 143 Å². The van der Waals surface area contributed by atoms with E-state index in [2.05, 4.69) is 131 Å². The highest BCUT2D eigenvalue weighted by Crippen LogP contribution is 2.58. The molecule has 246 valence electrons. The Labute approximate surface area is 303 Å². The zero-order valence-electron chi connectivity index (χ0n) is 29.6. The lowest BCUT2D eigenvalue weighted by atomic mass is 9.79. The minimum Gasteiger partial charge on any atom is -0.208 e. The molecule has 0 saturated heterocycles. The lowest BCUT2D eigenvalue weighted by Crippen LogP contribution is -2.17. The highest BCUT2D eigenvalue weighted by atomic mass is 15.0. The quantitative estimate of drug-likeness (QED) is 0.176. The molecular formula is C49H35N3. The van der Waals surface area contributed by atoms with E-state index < -0.39 is 0 Å². The maximum atomic E-state index is 5.13. The molecular weight excluding hydrogens is 631 g/mol. The van der Waals surface area contributed by atoms with Gasteiger partial charge in [0.05, 0.1) is 0 Å². The van der Waals surface area contributed by atoms with Crippen LogP contribution in [0.4, 0.5) is 0 Å². The SMILES string of the molecule is CC1(C)c2ccccc2-c2cc3c(cc21)-c1c(cc2ccc4c(-c5nc(-c6ccccc6)nc(-c6ccccc6)n5)ccc5ccc1c2c54)C3(C)C. The smallest absolute Gasteiger partial charge is 0.164 e. The number of rotatable bonds is 3. The largest absolute Gasteiger partial charge is 0.208 e. The van der Waals surface area contributed by atoms with Gasteiger partial charge in [-0.25, -0.2) is 15.0 Å². The molecule has 0 aliphatic heterocycles. The van der Waals surface area contributed by atoms with Crippen LogP contribution in [-0.2, 0) is 10.8 Å². The molecule has 0 spiro atoms. The first kappa shape index (κ1) is 29.5. The molecule has 52 heavy (non-hydrogen) atoms. The molecule has 0 atom stereocenters. The summed E-state index contributed by atoms with van der Waals surface area (Å²) in [6.45, 7) is 9.57. The Morgan fingerprint density at radius 1 is 0.365 bits per heavy atom. The second kappa shape index (κ2) is 10.2. The molecule has 11 rings (SSSR count). The molecule has 0 bridgehead atoms. The Kier molecular flexibility index (Phi) is 5.79. The van der Waals surface area contributed by atoms with Crippen LogP contribution in [0.25, 0.3) is 88.7 Å². The van der Waals surface area contributed by atoms with Gasteiger partial charge in [-0.15, -0.1) is 0 Å². The Balaban J connectivity index is 1.17. The molecule has 0 N–H and O–H groups in total. The molecule has 0 saturated carbocycles. The summed E-state index contributed by atoms with van der Waals surface area (Å²) in [6.07, 6.45) is 0. The van der Waals surface area contributed by atoms with Gasteiger partial charge in [-0.2, -0.15) is 0 Å². The molecule has 3 heteroatoms. The standard InChI is InChI=1S/C49H35N3/c1-48(2)38-18-12-11-17-32(38)36-26-40-37(27-39(36)48)44-35-24-20-28-19-23-34(33-22-21-31(43(35)42(28)33)25-41(44)49(40,3)4)47-51-45(29-13-7-5-8-14-29)50-46(52-47)30-15-9-6-10-16-30/h5-27H,1-4H3. The lowest BCUT2D eigenvalue weighted by Gasteiger charge is -2.24. The molecule has 2 aliphatic carbocycles. The van der Waals surface area contributed by atoms with Gasteiger partial charge in [0.2, 0.25) is 0 Å². The summed E-state index contributed by atoms with van der Waals surface area (Å²) in [6, 6.07) is 50.6. The summed E-state index contributed by atoms with van der Waals surface area (Å²) in [4.78, 5) is 15.2. The fourth-order valence-electron chi connectivity index (χ4n) is 9.40. The summed E-state index contributed by atoms with van der Waals surface area (Å²) in [5.41, 5.74) is 13.9. The Morgan fingerprint density at radius 2 is 0.904 bits per heavy atom. The van der Waals surface area contributed by atoms with Crippen LogP contribution in [0.5, 0.6) is 0 Å². The zero-order valence-corrected chi connectivity index (χ0v) is 29.6. The number of hydrogen-bond donors (Lipinski definition) is 0. The first-order chi connectivity index (χ1) is 25.3. The summed E-state index contributed by atoms with van der Waals surface area (Å²) in [7, 11) is 0. The Morgan fingerprint density at radius 3 is 1.63 bits per heavy atom. The number of hydrogen-bond acceptors (Lipinski definition) is 3. The first-order valence-corrected chi connectivity index (χ1v) is 18.2. The van der Waals surface area contributed by atoms with Crippen molar-refractivity contribution in [1.29, 1.82) is 0 Å². The van der Waals surface area contributed by atoms with Gasteiger partial charge < -0.3 is 0 Å². The number of benzene rings is 8. The van der Waals surface area contributed by atoms with Gasteiger partial charge >= 0.3 is 0 Å². The lowest BCUT2D eigenvalue weighted by molar-refractivity contribution is 0.652. The van der Waals surface area contributed by atoms with Crippen LogP contribution in [0.15, 0.2) is 140 Å². The van der Waals surface area contributed by atoms with Gasteiger partial charge in [0.1, 0.15) is 0 Å². The van der Waals surface area contributed by atoms with E-state index in [1.165, 1.54) is 71.4 Å². The zero-order chi connectivity index (χ0) is 34.9. The van der Waals surface area contributed by atoms with Gasteiger partial charge in [0.25, 0.3) is 0 Å². The number of fused-ring (bicyclic) bond motifs is 7. The third kappa shape index (κ3) is 3.88. The maximum absolute atomic E-state index is 5.13. The molecule has 0 fully saturated rings. The van der Waals surface area contributed by atoms with Crippen molar-refractivity contribution in [3.8, 4) is 56.4 Å². The maximum Gasteiger partial charge on any atom is 0.164 e. The highest BCUT2D eigenvalue weighted by molar-refractivity contribution is 6.28. The van der Waals surface area contributed by atoms with E-state index in [0.717, 1.165) is 22.1 Å². The second-order valence-electron chi connectivity index (χ2n) is 15.6. The van der Waals surface area contributed by atoms with E-state index in [1.807, 2.05) is 36.4 Å². The van der Waals surface area contributed by atoms with Gasteiger partial charge in [0, 0.05) is 27.5 Å². The molecule has 0 amide bonds. The van der Waals surface area contributed by atoms with Crippen molar-refractivity contribution in [1.82, 2.24) is 15.0 Å². The van der Waals surface area contributed by atoms with Crippen LogP contribution in [0, 0.1) is 0 Å². The number of aromatic nitrogens is 3. The van der Waals surface area contributed by atoms with Crippen LogP contribution in [0.1, 0.15) is 49.9 Å². The average molecular weight is 666 g/mol. The van der Waals surface area contributed by atoms with Crippen LogP contribution in [0.2, 0.25) is 0 Å². The van der Waals surface area contributed by atoms with Gasteiger partial charge in [0.15, 0.2) is 17.5 Å². The third-order valence-electron chi connectivity index (χ3n) is 12.1. The van der Waals surface area contributed by atoms with Crippen molar-refractivity contribution in [3.05, 3.63) is 162 Å². The molecule has 8 aromatic carbocycles. The van der Waals surface area contributed by atoms with Crippen molar-refractivity contribution in [3.63, 3.8) is 0 Å². The summed E-state index contributed by atoms with van der Waals surface area (Å²) in [5, 5.41) is 7.53. The van der Waals surface area contributed by atoms with Crippen LogP contribution in [0.3, 0.4) is 0 Å². The van der Waals surface area contributed by atoms with Crippen LogP contribution in [-0.4, -0.2) is 15.0 Å². The normalized spacial score (nSPS) is 14.8. The first-order valence-electron chi connectivity index (χ1n) is 18.2. The molecule has 0 radical (unpaired) electrons. The van der Waals surface area contributed by atoms with Crippen molar-refractivity contribution in [2.75, 3.05) is 0 Å². The Bertz CT molecular complexity index is 2880. The predicted molar refractivity (Wildman–Crippen MR) is 215 cm³/mol. The second-order valence-corrected chi connectivity index (χ2v) is 15.6. The monoisotopic (exact) mass is 665 g/mol. The van der Waals surface area contributed by atoms with Gasteiger partial charge in [-0.05, 0) is 101 Å². The van der Waals surface area contributed by atoms with E-state index in [0.29, 0.717) is 17.5 Å². The van der Waals surface area contributed by atoms with Gasteiger partial charge in [-0.3, -0.25) is 0 Å². The third-order valence-corrected chi connectivity index (χ3v) is 12.1. The molecule has 2 aliphatic rings. The van der Waals surface area contributed by atoms with Crippen molar-refractivity contribution < 1.29 is 0 Å². The minimum atomic E-state index is -0.135. The fraction of sp³-hybridized carbons (Fsp3) is 0.122. The summed E-state index contributed by atoms with van der Waals surface area (Å²) >= 11 is 0. The summed E-state index contributed by atoms with van der Waals surface area (Å²) in [5.74, 6) is 2.02. The molecule has 3 nitrogen and oxygen atoms in total. The topological polar surface area (TPSA) is 38.7 Å². The van der Waals surface area contributed by atoms with Crippen molar-refractivity contribution >= 4 is 32.3 Å². The summed E-state index contributed by atoms with van der Waals surface area (Å²) < 4.78 is 0. The molecule has 0 unspecified atom stereocenters. The predicted octanol–water partition coefficient (Wildman–Crippen LogP) is 12.4. The van der Waals surface area contributed by atoms with Crippen molar-refractivity contribution in [2.45, 2.75) is 38.5 Å². The van der Waals surface area contributed by atoms with E-state index in [9.17, 15) is 0 Å². The fourth-order valence-corrected chi connectivity index (χ4v) is 9.40. The van der Waals surface area contributed by atoms with E-state index >= 15 is 0 Å². The molecule has 9 aromatic rings. The van der Waals surface area contributed by atoms with Crippen LogP contribution < -0.4 is 0 Å². The Hall–Kier alpha value is -6.19. The molecule has 1 aromatic heterocycles. The van der Waals surface area contributed by atoms with E-state index in [1.54, 1.807) is 0 Å². The average Bonchev–Trinajstić information content (AvgIpc) is 3.55.